The highest BCUT2D eigenvalue weighted by Gasteiger charge is 2.09. The van der Waals surface area contributed by atoms with Gasteiger partial charge in [0.25, 0.3) is 0 Å². The first-order chi connectivity index (χ1) is 13.3. The van der Waals surface area contributed by atoms with E-state index in [1.54, 1.807) is 0 Å². The molecule has 130 valence electrons. The monoisotopic (exact) mass is 349 g/mol. The summed E-state index contributed by atoms with van der Waals surface area (Å²) in [5, 5.41) is 9.31. The van der Waals surface area contributed by atoms with Crippen molar-refractivity contribution in [2.45, 2.75) is 19.8 Å². The third kappa shape index (κ3) is 3.43. The van der Waals surface area contributed by atoms with Crippen LogP contribution in [0.2, 0.25) is 0 Å². The molecule has 0 saturated heterocycles. The predicted molar refractivity (Wildman–Crippen MR) is 108 cm³/mol. The highest BCUT2D eigenvalue weighted by molar-refractivity contribution is 5.74. The molecule has 0 spiro atoms. The molecule has 0 amide bonds. The smallest absolute Gasteiger partial charge is 0.0998 e. The van der Waals surface area contributed by atoms with E-state index in [-0.39, 0.29) is 0 Å². The van der Waals surface area contributed by atoms with Crippen LogP contribution in [0.1, 0.15) is 29.4 Å². The van der Waals surface area contributed by atoms with Crippen LogP contribution in [0.15, 0.2) is 72.8 Å². The van der Waals surface area contributed by atoms with Gasteiger partial charge in [0, 0.05) is 6.42 Å². The first kappa shape index (κ1) is 16.9. The molecule has 0 aliphatic carbocycles. The van der Waals surface area contributed by atoms with E-state index in [1.165, 1.54) is 5.56 Å². The summed E-state index contributed by atoms with van der Waals surface area (Å²) in [6, 6.07) is 26.3. The molecule has 0 bridgehead atoms. The second-order valence-corrected chi connectivity index (χ2v) is 6.49. The zero-order valence-electron chi connectivity index (χ0n) is 15.2. The fourth-order valence-corrected chi connectivity index (χ4v) is 3.33. The van der Waals surface area contributed by atoms with E-state index in [0.717, 1.165) is 46.4 Å². The van der Waals surface area contributed by atoms with Gasteiger partial charge in [-0.05, 0) is 41.3 Å². The van der Waals surface area contributed by atoms with Crippen molar-refractivity contribution in [1.82, 2.24) is 9.97 Å². The summed E-state index contributed by atoms with van der Waals surface area (Å²) in [7, 11) is 0. The lowest BCUT2D eigenvalue weighted by atomic mass is 9.98. The summed E-state index contributed by atoms with van der Waals surface area (Å²) in [6.07, 6.45) is 1.61. The van der Waals surface area contributed by atoms with Gasteiger partial charge in [0.2, 0.25) is 0 Å². The first-order valence-corrected chi connectivity index (χ1v) is 9.11. The van der Waals surface area contributed by atoms with Crippen LogP contribution < -0.4 is 0 Å². The van der Waals surface area contributed by atoms with Gasteiger partial charge in [0.15, 0.2) is 0 Å². The van der Waals surface area contributed by atoms with Gasteiger partial charge in [0.1, 0.15) is 0 Å². The van der Waals surface area contributed by atoms with E-state index >= 15 is 0 Å². The number of para-hydroxylation sites is 2. The molecule has 0 unspecified atom stereocenters. The minimum absolute atomic E-state index is 0.693. The van der Waals surface area contributed by atoms with Gasteiger partial charge < -0.3 is 0 Å². The van der Waals surface area contributed by atoms with E-state index in [0.29, 0.717) is 5.56 Å². The Morgan fingerprint density at radius 3 is 2.07 bits per heavy atom. The van der Waals surface area contributed by atoms with Crippen LogP contribution in [0, 0.1) is 11.3 Å². The second kappa shape index (κ2) is 7.39. The zero-order chi connectivity index (χ0) is 18.6. The summed E-state index contributed by atoms with van der Waals surface area (Å²) < 4.78 is 0. The number of benzene rings is 3. The Labute approximate surface area is 159 Å². The number of nitriles is 1. The number of hydrogen-bond donors (Lipinski definition) is 0. The molecule has 0 radical (unpaired) electrons. The maximum absolute atomic E-state index is 9.31. The molecule has 0 aliphatic heterocycles. The summed E-state index contributed by atoms with van der Waals surface area (Å²) >= 11 is 0. The number of aromatic nitrogens is 2. The fraction of sp³-hybridized carbons (Fsp3) is 0.125. The molecule has 0 N–H and O–H groups in total. The standard InChI is InChI=1S/C24H19N3/c1-2-21-24(27-23-10-6-5-9-22(23)26-21)15-17-11-13-18(14-12-17)20-8-4-3-7-19(20)16-25/h3-14H,2,15H2,1H3. The Balaban J connectivity index is 1.66. The van der Waals surface area contributed by atoms with Gasteiger partial charge in [-0.3, -0.25) is 0 Å². The molecule has 1 heterocycles. The summed E-state index contributed by atoms with van der Waals surface area (Å²) in [5.41, 5.74) is 7.86. The van der Waals surface area contributed by atoms with Gasteiger partial charge >= 0.3 is 0 Å². The van der Waals surface area contributed by atoms with E-state index in [4.69, 9.17) is 9.97 Å². The second-order valence-electron chi connectivity index (χ2n) is 6.49. The van der Waals surface area contributed by atoms with Crippen LogP contribution in [-0.2, 0) is 12.8 Å². The molecule has 0 aliphatic rings. The van der Waals surface area contributed by atoms with Crippen molar-refractivity contribution in [2.75, 3.05) is 0 Å². The van der Waals surface area contributed by atoms with Crippen molar-refractivity contribution >= 4 is 11.0 Å². The number of rotatable bonds is 4. The average Bonchev–Trinajstić information content (AvgIpc) is 2.73. The van der Waals surface area contributed by atoms with Crippen molar-refractivity contribution in [3.05, 3.63) is 95.3 Å². The van der Waals surface area contributed by atoms with Crippen LogP contribution in [0.25, 0.3) is 22.2 Å². The van der Waals surface area contributed by atoms with E-state index < -0.39 is 0 Å². The highest BCUT2D eigenvalue weighted by atomic mass is 14.8. The predicted octanol–water partition coefficient (Wildman–Crippen LogP) is 5.32. The van der Waals surface area contributed by atoms with E-state index in [1.807, 2.05) is 48.5 Å². The average molecular weight is 349 g/mol. The van der Waals surface area contributed by atoms with Gasteiger partial charge in [-0.15, -0.1) is 0 Å². The number of hydrogen-bond acceptors (Lipinski definition) is 3. The van der Waals surface area contributed by atoms with Crippen molar-refractivity contribution in [3.63, 3.8) is 0 Å². The molecule has 4 aromatic rings. The topological polar surface area (TPSA) is 49.6 Å². The van der Waals surface area contributed by atoms with Crippen LogP contribution in [-0.4, -0.2) is 9.97 Å². The van der Waals surface area contributed by atoms with Gasteiger partial charge in [0.05, 0.1) is 34.1 Å². The summed E-state index contributed by atoms with van der Waals surface area (Å²) in [5.74, 6) is 0. The lowest BCUT2D eigenvalue weighted by Gasteiger charge is -2.10. The lowest BCUT2D eigenvalue weighted by molar-refractivity contribution is 0.948. The first-order valence-electron chi connectivity index (χ1n) is 9.11. The molecule has 0 fully saturated rings. The minimum atomic E-state index is 0.693. The molecule has 0 saturated carbocycles. The maximum Gasteiger partial charge on any atom is 0.0998 e. The molecular weight excluding hydrogens is 330 g/mol. The van der Waals surface area contributed by atoms with E-state index in [9.17, 15) is 5.26 Å². The quantitative estimate of drug-likeness (QED) is 0.501. The van der Waals surface area contributed by atoms with Crippen molar-refractivity contribution in [2.24, 2.45) is 0 Å². The lowest BCUT2D eigenvalue weighted by Crippen LogP contribution is -2.02. The van der Waals surface area contributed by atoms with Crippen LogP contribution >= 0.6 is 0 Å². The fourth-order valence-electron chi connectivity index (χ4n) is 3.33. The third-order valence-electron chi connectivity index (χ3n) is 4.74. The van der Waals surface area contributed by atoms with Crippen molar-refractivity contribution in [1.29, 1.82) is 5.26 Å². The molecule has 27 heavy (non-hydrogen) atoms. The molecule has 3 aromatic carbocycles. The van der Waals surface area contributed by atoms with Crippen LogP contribution in [0.4, 0.5) is 0 Å². The molecule has 1 aromatic heterocycles. The Hall–Kier alpha value is -3.51. The van der Waals surface area contributed by atoms with Crippen LogP contribution in [0.5, 0.6) is 0 Å². The van der Waals surface area contributed by atoms with Gasteiger partial charge in [-0.2, -0.15) is 5.26 Å². The van der Waals surface area contributed by atoms with Crippen molar-refractivity contribution in [3.8, 4) is 17.2 Å². The molecular formula is C24H19N3. The Morgan fingerprint density at radius 2 is 1.41 bits per heavy atom. The Bertz CT molecular complexity index is 1140. The van der Waals surface area contributed by atoms with Crippen LogP contribution in [0.3, 0.4) is 0 Å². The largest absolute Gasteiger partial charge is 0.249 e. The number of fused-ring (bicyclic) bond motifs is 1. The Morgan fingerprint density at radius 1 is 0.778 bits per heavy atom. The zero-order valence-corrected chi connectivity index (χ0v) is 15.2. The Kier molecular flexibility index (Phi) is 4.63. The van der Waals surface area contributed by atoms with Gasteiger partial charge in [-0.1, -0.05) is 61.5 Å². The van der Waals surface area contributed by atoms with Crippen molar-refractivity contribution < 1.29 is 0 Å². The SMILES string of the molecule is CCc1nc2ccccc2nc1Cc1ccc(-c2ccccc2C#N)cc1. The normalized spacial score (nSPS) is 10.7. The third-order valence-corrected chi connectivity index (χ3v) is 4.74. The maximum atomic E-state index is 9.31. The molecule has 3 nitrogen and oxygen atoms in total. The number of nitrogens with zero attached hydrogens (tertiary/aromatic N) is 3. The number of aryl methyl sites for hydroxylation is 1. The summed E-state index contributed by atoms with van der Waals surface area (Å²) in [4.78, 5) is 9.62. The summed E-state index contributed by atoms with van der Waals surface area (Å²) in [6.45, 7) is 2.12. The molecule has 3 heteroatoms. The highest BCUT2D eigenvalue weighted by Crippen LogP contribution is 2.24. The molecule has 0 atom stereocenters. The van der Waals surface area contributed by atoms with Gasteiger partial charge in [-0.25, -0.2) is 9.97 Å². The minimum Gasteiger partial charge on any atom is -0.249 e. The van der Waals surface area contributed by atoms with E-state index in [2.05, 4.69) is 37.3 Å². The molecule has 4 rings (SSSR count).